The monoisotopic (exact) mass is 518 g/mol. The predicted octanol–water partition coefficient (Wildman–Crippen LogP) is 2.71. The molecule has 3 aromatic rings. The number of piperazine rings is 1. The molecule has 4 heterocycles. The van der Waals surface area contributed by atoms with Crippen molar-refractivity contribution in [2.45, 2.75) is 38.0 Å². The Balaban J connectivity index is 1.27. The molecule has 3 aliphatic rings. The van der Waals surface area contributed by atoms with Gasteiger partial charge in [0.1, 0.15) is 30.1 Å². The zero-order chi connectivity index (χ0) is 26.2. The molecule has 0 amide bonds. The average molecular weight is 519 g/mol. The Hall–Kier alpha value is -3.57. The van der Waals surface area contributed by atoms with Crippen LogP contribution in [-0.2, 0) is 11.3 Å². The van der Waals surface area contributed by atoms with E-state index in [-0.39, 0.29) is 0 Å². The van der Waals surface area contributed by atoms with E-state index in [1.165, 1.54) is 5.69 Å². The Morgan fingerprint density at radius 3 is 2.42 bits per heavy atom. The standard InChI is InChI=1S/C28H34N6O4/c1-18-25(35)26(36)28(38-18)34-16-23(19-3-9-22(37-2)10-4-19)24-15-33(17-30-27(24)34)31-20-5-7-21(8-6-20)32-13-11-29-12-14-32/h3-10,16-18,25-26,28-29,31,35-36H,11-15H2,1-2H3/t18-,25-,26-,28-/m1/s1. The molecule has 2 saturated heterocycles. The van der Waals surface area contributed by atoms with Gasteiger partial charge in [-0.05, 0) is 48.9 Å². The van der Waals surface area contributed by atoms with Gasteiger partial charge in [0, 0.05) is 49.2 Å². The molecule has 4 atom stereocenters. The Labute approximate surface area is 222 Å². The van der Waals surface area contributed by atoms with Gasteiger partial charge in [-0.2, -0.15) is 0 Å². The van der Waals surface area contributed by atoms with E-state index in [1.807, 2.05) is 40.0 Å². The molecule has 2 fully saturated rings. The molecule has 0 aliphatic carbocycles. The van der Waals surface area contributed by atoms with E-state index in [9.17, 15) is 10.2 Å². The maximum atomic E-state index is 10.7. The number of hydrazine groups is 1. The van der Waals surface area contributed by atoms with Crippen molar-refractivity contribution >= 4 is 23.5 Å². The fourth-order valence-electron chi connectivity index (χ4n) is 5.37. The summed E-state index contributed by atoms with van der Waals surface area (Å²) in [5, 5.41) is 26.4. The third-order valence-electron chi connectivity index (χ3n) is 7.53. The van der Waals surface area contributed by atoms with Crippen LogP contribution in [0.2, 0.25) is 0 Å². The van der Waals surface area contributed by atoms with E-state index in [2.05, 4.69) is 39.9 Å². The zero-order valence-corrected chi connectivity index (χ0v) is 21.6. The summed E-state index contributed by atoms with van der Waals surface area (Å²) in [5.74, 6) is 1.48. The number of benzene rings is 2. The molecular weight excluding hydrogens is 484 g/mol. The molecule has 0 unspecified atom stereocenters. The molecule has 1 aromatic heterocycles. The van der Waals surface area contributed by atoms with E-state index in [0.717, 1.165) is 54.3 Å². The van der Waals surface area contributed by atoms with Crippen molar-refractivity contribution in [3.8, 4) is 16.9 Å². The molecule has 38 heavy (non-hydrogen) atoms. The number of aliphatic hydroxyl groups excluding tert-OH is 2. The van der Waals surface area contributed by atoms with Gasteiger partial charge in [-0.25, -0.2) is 4.99 Å². The van der Waals surface area contributed by atoms with Crippen LogP contribution < -0.4 is 20.4 Å². The van der Waals surface area contributed by atoms with Crippen LogP contribution in [0.4, 0.5) is 17.2 Å². The first-order valence-electron chi connectivity index (χ1n) is 13.0. The number of aliphatic imine (C=N–C) groups is 1. The second kappa shape index (κ2) is 10.3. The first-order chi connectivity index (χ1) is 18.5. The predicted molar refractivity (Wildman–Crippen MR) is 147 cm³/mol. The second-order valence-corrected chi connectivity index (χ2v) is 9.96. The first-order valence-corrected chi connectivity index (χ1v) is 13.0. The lowest BCUT2D eigenvalue weighted by Crippen LogP contribution is -2.43. The van der Waals surface area contributed by atoms with Crippen LogP contribution in [0.25, 0.3) is 11.1 Å². The number of rotatable bonds is 6. The highest BCUT2D eigenvalue weighted by molar-refractivity contribution is 5.78. The lowest BCUT2D eigenvalue weighted by molar-refractivity contribution is -0.0308. The molecule has 0 bridgehead atoms. The van der Waals surface area contributed by atoms with Gasteiger partial charge in [-0.1, -0.05) is 12.1 Å². The molecule has 6 rings (SSSR count). The Bertz CT molecular complexity index is 1290. The van der Waals surface area contributed by atoms with Crippen LogP contribution in [-0.4, -0.2) is 77.7 Å². The minimum Gasteiger partial charge on any atom is -0.497 e. The highest BCUT2D eigenvalue weighted by Crippen LogP contribution is 2.42. The fourth-order valence-corrected chi connectivity index (χ4v) is 5.37. The molecule has 4 N–H and O–H groups in total. The van der Waals surface area contributed by atoms with Gasteiger partial charge in [0.2, 0.25) is 0 Å². The van der Waals surface area contributed by atoms with Crippen molar-refractivity contribution in [1.29, 1.82) is 0 Å². The van der Waals surface area contributed by atoms with Gasteiger partial charge in [0.15, 0.2) is 6.23 Å². The normalized spacial score (nSPS) is 24.9. The maximum absolute atomic E-state index is 10.7. The molecule has 0 spiro atoms. The summed E-state index contributed by atoms with van der Waals surface area (Å²) in [6, 6.07) is 16.3. The highest BCUT2D eigenvalue weighted by Gasteiger charge is 2.43. The molecule has 3 aliphatic heterocycles. The van der Waals surface area contributed by atoms with E-state index in [4.69, 9.17) is 14.5 Å². The number of nitrogens with one attached hydrogen (secondary N) is 2. The molecule has 2 aromatic carbocycles. The van der Waals surface area contributed by atoms with E-state index in [1.54, 1.807) is 20.4 Å². The van der Waals surface area contributed by atoms with Gasteiger partial charge in [0.25, 0.3) is 0 Å². The zero-order valence-electron chi connectivity index (χ0n) is 21.6. The number of aromatic nitrogens is 1. The van der Waals surface area contributed by atoms with Crippen LogP contribution in [0, 0.1) is 0 Å². The van der Waals surface area contributed by atoms with Gasteiger partial charge in [-0.15, -0.1) is 0 Å². The van der Waals surface area contributed by atoms with Crippen LogP contribution in [0.3, 0.4) is 0 Å². The van der Waals surface area contributed by atoms with E-state index >= 15 is 0 Å². The fraction of sp³-hybridized carbons (Fsp3) is 0.393. The third-order valence-corrected chi connectivity index (χ3v) is 7.53. The second-order valence-electron chi connectivity index (χ2n) is 9.96. The van der Waals surface area contributed by atoms with Gasteiger partial charge >= 0.3 is 0 Å². The number of ether oxygens (including phenoxy) is 2. The molecule has 10 nitrogen and oxygen atoms in total. The number of anilines is 2. The van der Waals surface area contributed by atoms with Crippen LogP contribution >= 0.6 is 0 Å². The Morgan fingerprint density at radius 1 is 1.03 bits per heavy atom. The summed E-state index contributed by atoms with van der Waals surface area (Å²) in [4.78, 5) is 7.14. The maximum Gasteiger partial charge on any atom is 0.164 e. The summed E-state index contributed by atoms with van der Waals surface area (Å²) in [5.41, 5.74) is 8.61. The summed E-state index contributed by atoms with van der Waals surface area (Å²) in [6.07, 6.45) is 0.488. The van der Waals surface area contributed by atoms with Crippen molar-refractivity contribution in [3.05, 3.63) is 60.3 Å². The van der Waals surface area contributed by atoms with Gasteiger partial charge < -0.3 is 34.5 Å². The molecule has 10 heteroatoms. The third kappa shape index (κ3) is 4.60. The number of fused-ring (bicyclic) bond motifs is 1. The number of hydrogen-bond acceptors (Lipinski definition) is 9. The lowest BCUT2D eigenvalue weighted by Gasteiger charge is -2.30. The molecule has 200 valence electrons. The van der Waals surface area contributed by atoms with E-state index in [0.29, 0.717) is 12.4 Å². The molecular formula is C28H34N6O4. The van der Waals surface area contributed by atoms with Crippen LogP contribution in [0.1, 0.15) is 18.7 Å². The largest absolute Gasteiger partial charge is 0.497 e. The minimum absolute atomic E-state index is 0.479. The van der Waals surface area contributed by atoms with Crippen molar-refractivity contribution in [1.82, 2.24) is 14.9 Å². The number of aliphatic hydroxyl groups is 2. The van der Waals surface area contributed by atoms with Gasteiger partial charge in [-0.3, -0.25) is 10.4 Å². The lowest BCUT2D eigenvalue weighted by atomic mass is 10.0. The van der Waals surface area contributed by atoms with Crippen molar-refractivity contribution in [3.63, 3.8) is 0 Å². The highest BCUT2D eigenvalue weighted by atomic mass is 16.6. The molecule has 0 saturated carbocycles. The first kappa shape index (κ1) is 24.7. The van der Waals surface area contributed by atoms with Crippen molar-refractivity contribution in [2.24, 2.45) is 4.99 Å². The van der Waals surface area contributed by atoms with Gasteiger partial charge in [0.05, 0.1) is 25.4 Å². The summed E-state index contributed by atoms with van der Waals surface area (Å²) < 4.78 is 13.1. The van der Waals surface area contributed by atoms with Crippen molar-refractivity contribution < 1.29 is 19.7 Å². The topological polar surface area (TPSA) is 107 Å². The van der Waals surface area contributed by atoms with Crippen LogP contribution in [0.5, 0.6) is 5.75 Å². The number of methoxy groups -OCH3 is 1. The Morgan fingerprint density at radius 2 is 1.76 bits per heavy atom. The number of nitrogens with zero attached hydrogens (tertiary/aromatic N) is 4. The minimum atomic E-state index is -1.05. The number of hydrogen-bond donors (Lipinski definition) is 4. The quantitative estimate of drug-likeness (QED) is 0.395. The van der Waals surface area contributed by atoms with E-state index < -0.39 is 24.5 Å². The summed E-state index contributed by atoms with van der Waals surface area (Å²) >= 11 is 0. The average Bonchev–Trinajstić information content (AvgIpc) is 3.46. The SMILES string of the molecule is COc1ccc(-c2cn([C@@H]3O[C@H](C)[C@@H](O)[C@H]3O)c3c2CN(Nc2ccc(N4CCNCC4)cc2)C=N3)cc1. The van der Waals surface area contributed by atoms with Crippen LogP contribution in [0.15, 0.2) is 59.7 Å². The van der Waals surface area contributed by atoms with Crippen molar-refractivity contribution in [2.75, 3.05) is 43.6 Å². The Kier molecular flexibility index (Phi) is 6.71. The smallest absolute Gasteiger partial charge is 0.164 e. The molecule has 0 radical (unpaired) electrons. The summed E-state index contributed by atoms with van der Waals surface area (Å²) in [6.45, 7) is 6.33. The summed E-state index contributed by atoms with van der Waals surface area (Å²) in [7, 11) is 1.65.